The molecule has 0 aliphatic rings. The lowest BCUT2D eigenvalue weighted by molar-refractivity contribution is -0.135. The Morgan fingerprint density at radius 3 is 2.45 bits per heavy atom. The van der Waals surface area contributed by atoms with Gasteiger partial charge in [0.1, 0.15) is 0 Å². The lowest BCUT2D eigenvalue weighted by atomic mass is 10.2. The second-order valence-electron chi connectivity index (χ2n) is 3.95. The number of benzene rings is 1. The number of para-hydroxylation sites is 1. The molecule has 0 unspecified atom stereocenters. The highest BCUT2D eigenvalue weighted by molar-refractivity contribution is 5.99. The van der Waals surface area contributed by atoms with Crippen LogP contribution in [0.2, 0.25) is 0 Å². The van der Waals surface area contributed by atoms with Crippen molar-refractivity contribution in [2.45, 2.75) is 19.0 Å². The van der Waals surface area contributed by atoms with E-state index in [-0.39, 0.29) is 24.2 Å². The Hall–Kier alpha value is -2.25. The highest BCUT2D eigenvalue weighted by atomic mass is 19.4. The van der Waals surface area contributed by atoms with E-state index in [4.69, 9.17) is 5.11 Å². The number of urea groups is 1. The van der Waals surface area contributed by atoms with E-state index in [0.717, 1.165) is 0 Å². The zero-order valence-electron chi connectivity index (χ0n) is 10.3. The molecule has 0 aliphatic heterocycles. The molecule has 8 heteroatoms. The number of hydrogen-bond donors (Lipinski definition) is 3. The lowest BCUT2D eigenvalue weighted by Gasteiger charge is -2.10. The first-order valence-corrected chi connectivity index (χ1v) is 5.73. The molecule has 0 aliphatic carbocycles. The number of carboxylic acid groups (broad SMARTS) is 1. The first kappa shape index (κ1) is 15.8. The molecule has 0 radical (unpaired) electrons. The van der Waals surface area contributed by atoms with Crippen LogP contribution >= 0.6 is 0 Å². The van der Waals surface area contributed by atoms with E-state index in [1.54, 1.807) is 0 Å². The molecule has 5 nitrogen and oxygen atoms in total. The Morgan fingerprint density at radius 2 is 1.85 bits per heavy atom. The fourth-order valence-electron chi connectivity index (χ4n) is 1.44. The SMILES string of the molecule is O=C(NCCCC(F)(F)F)Nc1ccccc1C(=O)O. The first-order chi connectivity index (χ1) is 9.29. The number of alkyl halides is 3. The van der Waals surface area contributed by atoms with Gasteiger partial charge < -0.3 is 15.7 Å². The maximum absolute atomic E-state index is 11.9. The van der Waals surface area contributed by atoms with Crippen LogP contribution in [0.15, 0.2) is 24.3 Å². The molecule has 20 heavy (non-hydrogen) atoms. The molecular weight excluding hydrogens is 277 g/mol. The van der Waals surface area contributed by atoms with Gasteiger partial charge in [0.05, 0.1) is 11.3 Å². The number of carbonyl (C=O) groups excluding carboxylic acids is 1. The summed E-state index contributed by atoms with van der Waals surface area (Å²) in [4.78, 5) is 22.3. The third-order valence-corrected chi connectivity index (χ3v) is 2.33. The molecule has 0 saturated heterocycles. The van der Waals surface area contributed by atoms with Gasteiger partial charge in [-0.05, 0) is 18.6 Å². The van der Waals surface area contributed by atoms with Crippen molar-refractivity contribution in [2.24, 2.45) is 0 Å². The van der Waals surface area contributed by atoms with Crippen LogP contribution in [-0.2, 0) is 0 Å². The molecule has 0 fully saturated rings. The highest BCUT2D eigenvalue weighted by Gasteiger charge is 2.26. The van der Waals surface area contributed by atoms with Gasteiger partial charge in [-0.2, -0.15) is 13.2 Å². The molecule has 0 saturated carbocycles. The number of carboxylic acids is 1. The normalized spacial score (nSPS) is 10.9. The molecule has 110 valence electrons. The number of hydrogen-bond acceptors (Lipinski definition) is 2. The van der Waals surface area contributed by atoms with Crippen LogP contribution in [-0.4, -0.2) is 29.8 Å². The van der Waals surface area contributed by atoms with Crippen molar-refractivity contribution in [1.29, 1.82) is 0 Å². The Kier molecular flexibility index (Phi) is 5.36. The zero-order chi connectivity index (χ0) is 15.2. The van der Waals surface area contributed by atoms with Gasteiger partial charge in [0.15, 0.2) is 0 Å². The minimum Gasteiger partial charge on any atom is -0.478 e. The van der Waals surface area contributed by atoms with Crippen molar-refractivity contribution < 1.29 is 27.9 Å². The Morgan fingerprint density at radius 1 is 1.20 bits per heavy atom. The van der Waals surface area contributed by atoms with E-state index in [9.17, 15) is 22.8 Å². The van der Waals surface area contributed by atoms with E-state index in [1.165, 1.54) is 24.3 Å². The van der Waals surface area contributed by atoms with Gasteiger partial charge in [-0.3, -0.25) is 0 Å². The van der Waals surface area contributed by atoms with Crippen LogP contribution < -0.4 is 10.6 Å². The Labute approximate surface area is 112 Å². The second-order valence-corrected chi connectivity index (χ2v) is 3.95. The third kappa shape index (κ3) is 5.59. The van der Waals surface area contributed by atoms with E-state index in [2.05, 4.69) is 10.6 Å². The van der Waals surface area contributed by atoms with Crippen LogP contribution in [0.1, 0.15) is 23.2 Å². The highest BCUT2D eigenvalue weighted by Crippen LogP contribution is 2.20. The van der Waals surface area contributed by atoms with Gasteiger partial charge in [0, 0.05) is 13.0 Å². The number of carbonyl (C=O) groups is 2. The summed E-state index contributed by atoms with van der Waals surface area (Å²) >= 11 is 0. The summed E-state index contributed by atoms with van der Waals surface area (Å²) in [5, 5.41) is 13.4. The largest absolute Gasteiger partial charge is 0.478 e. The monoisotopic (exact) mass is 290 g/mol. The van der Waals surface area contributed by atoms with Crippen LogP contribution in [0, 0.1) is 0 Å². The van der Waals surface area contributed by atoms with E-state index in [1.807, 2.05) is 0 Å². The maximum atomic E-state index is 11.9. The van der Waals surface area contributed by atoms with Crippen LogP contribution in [0.5, 0.6) is 0 Å². The molecule has 1 aromatic rings. The van der Waals surface area contributed by atoms with Crippen molar-refractivity contribution in [3.8, 4) is 0 Å². The average molecular weight is 290 g/mol. The number of rotatable bonds is 5. The van der Waals surface area contributed by atoms with Crippen LogP contribution in [0.3, 0.4) is 0 Å². The lowest BCUT2D eigenvalue weighted by Crippen LogP contribution is -2.30. The maximum Gasteiger partial charge on any atom is 0.389 e. The second kappa shape index (κ2) is 6.78. The number of halogens is 3. The predicted octanol–water partition coefficient (Wildman–Crippen LogP) is 2.85. The Bertz CT molecular complexity index is 489. The fraction of sp³-hybridized carbons (Fsp3) is 0.333. The molecule has 0 bridgehead atoms. The van der Waals surface area contributed by atoms with Gasteiger partial charge in [-0.1, -0.05) is 12.1 Å². The van der Waals surface area contributed by atoms with Crippen molar-refractivity contribution in [2.75, 3.05) is 11.9 Å². The molecule has 1 aromatic carbocycles. The van der Waals surface area contributed by atoms with Crippen LogP contribution in [0.4, 0.5) is 23.7 Å². The summed E-state index contributed by atoms with van der Waals surface area (Å²) in [5.74, 6) is -1.21. The Balaban J connectivity index is 2.45. The molecule has 1 rings (SSSR count). The van der Waals surface area contributed by atoms with Gasteiger partial charge in [-0.15, -0.1) is 0 Å². The summed E-state index contributed by atoms with van der Waals surface area (Å²) in [6.07, 6.45) is -5.48. The van der Waals surface area contributed by atoms with Gasteiger partial charge in [0.25, 0.3) is 0 Å². The van der Waals surface area contributed by atoms with Crippen molar-refractivity contribution in [3.05, 3.63) is 29.8 Å². The average Bonchev–Trinajstić information content (AvgIpc) is 2.34. The molecule has 3 N–H and O–H groups in total. The molecule has 0 atom stereocenters. The minimum absolute atomic E-state index is 0.0771. The minimum atomic E-state index is -4.26. The summed E-state index contributed by atoms with van der Waals surface area (Å²) in [6, 6.07) is 4.97. The number of anilines is 1. The number of aromatic carboxylic acids is 1. The molecular formula is C12H13F3N2O3. The van der Waals surface area contributed by atoms with Gasteiger partial charge in [-0.25, -0.2) is 9.59 Å². The van der Waals surface area contributed by atoms with E-state index < -0.39 is 24.6 Å². The zero-order valence-corrected chi connectivity index (χ0v) is 10.3. The number of nitrogens with one attached hydrogen (secondary N) is 2. The van der Waals surface area contributed by atoms with E-state index >= 15 is 0 Å². The molecule has 0 heterocycles. The predicted molar refractivity (Wildman–Crippen MR) is 65.7 cm³/mol. The summed E-state index contributed by atoms with van der Waals surface area (Å²) in [5.41, 5.74) is -0.0220. The molecule has 2 amide bonds. The summed E-state index contributed by atoms with van der Waals surface area (Å²) in [7, 11) is 0. The number of amides is 2. The molecule has 0 spiro atoms. The first-order valence-electron chi connectivity index (χ1n) is 5.73. The van der Waals surface area contributed by atoms with Crippen molar-refractivity contribution in [3.63, 3.8) is 0 Å². The summed E-state index contributed by atoms with van der Waals surface area (Å²) in [6.45, 7) is -0.152. The van der Waals surface area contributed by atoms with Gasteiger partial charge >= 0.3 is 18.2 Å². The third-order valence-electron chi connectivity index (χ3n) is 2.33. The van der Waals surface area contributed by atoms with E-state index in [0.29, 0.717) is 0 Å². The van der Waals surface area contributed by atoms with Crippen molar-refractivity contribution >= 4 is 17.7 Å². The van der Waals surface area contributed by atoms with Gasteiger partial charge in [0.2, 0.25) is 0 Å². The fourth-order valence-corrected chi connectivity index (χ4v) is 1.44. The van der Waals surface area contributed by atoms with Crippen LogP contribution in [0.25, 0.3) is 0 Å². The standard InChI is InChI=1S/C12H13F3N2O3/c13-12(14,15)6-3-7-16-11(20)17-9-5-2-1-4-8(9)10(18)19/h1-2,4-5H,3,6-7H2,(H,18,19)(H2,16,17,20). The molecule has 0 aromatic heterocycles. The van der Waals surface area contributed by atoms with Crippen molar-refractivity contribution in [1.82, 2.24) is 5.32 Å². The smallest absolute Gasteiger partial charge is 0.389 e. The topological polar surface area (TPSA) is 78.4 Å². The summed E-state index contributed by atoms with van der Waals surface area (Å²) < 4.78 is 35.6. The quantitative estimate of drug-likeness (QED) is 0.730.